The minimum absolute atomic E-state index is 0.00526. The smallest absolute Gasteiger partial charge is 0.279 e. The molecule has 1 fully saturated rings. The lowest BCUT2D eigenvalue weighted by atomic mass is 10.1. The maximum atomic E-state index is 14.1. The van der Waals surface area contributed by atoms with Crippen LogP contribution in [-0.4, -0.2) is 45.0 Å². The first-order valence-corrected chi connectivity index (χ1v) is 10.8. The fourth-order valence-corrected chi connectivity index (χ4v) is 4.02. The molecule has 0 aliphatic carbocycles. The Balaban J connectivity index is 1.58. The van der Waals surface area contributed by atoms with Crippen LogP contribution in [0.3, 0.4) is 0 Å². The van der Waals surface area contributed by atoms with Gasteiger partial charge < -0.3 is 16.0 Å². The van der Waals surface area contributed by atoms with Crippen LogP contribution in [-0.2, 0) is 0 Å². The van der Waals surface area contributed by atoms with Crippen molar-refractivity contribution in [1.29, 1.82) is 0 Å². The van der Waals surface area contributed by atoms with Crippen molar-refractivity contribution >= 4 is 46.1 Å². The Kier molecular flexibility index (Phi) is 6.51. The van der Waals surface area contributed by atoms with Crippen LogP contribution in [0.1, 0.15) is 23.3 Å². The molecule has 11 heteroatoms. The Labute approximate surface area is 192 Å². The first-order valence-electron chi connectivity index (χ1n) is 9.67. The molecule has 0 unspecified atom stereocenters. The van der Waals surface area contributed by atoms with Gasteiger partial charge >= 0.3 is 0 Å². The van der Waals surface area contributed by atoms with Gasteiger partial charge in [-0.25, -0.2) is 19.3 Å². The van der Waals surface area contributed by atoms with E-state index in [0.717, 1.165) is 31.6 Å². The van der Waals surface area contributed by atoms with Gasteiger partial charge in [0.2, 0.25) is 0 Å². The summed E-state index contributed by atoms with van der Waals surface area (Å²) in [6.07, 6.45) is 6.30. The molecular formula is C20H20FIN8O. The highest BCUT2D eigenvalue weighted by Gasteiger charge is 2.23. The quantitative estimate of drug-likeness (QED) is 0.338. The largest absolute Gasteiger partial charge is 0.382 e. The number of nitrogens with one attached hydrogen (secondary N) is 2. The van der Waals surface area contributed by atoms with Crippen LogP contribution in [0, 0.1) is 5.82 Å². The number of nitrogens with two attached hydrogens (primary N) is 1. The van der Waals surface area contributed by atoms with Gasteiger partial charge in [-0.3, -0.25) is 13.3 Å². The van der Waals surface area contributed by atoms with Crippen molar-refractivity contribution in [2.75, 3.05) is 29.0 Å². The van der Waals surface area contributed by atoms with Gasteiger partial charge in [0.05, 0.1) is 11.9 Å². The molecular weight excluding hydrogens is 514 g/mol. The predicted octanol–water partition coefficient (Wildman–Crippen LogP) is 2.82. The number of amides is 1. The molecule has 1 aliphatic heterocycles. The average Bonchev–Trinajstić information content (AvgIpc) is 2.80. The lowest BCUT2D eigenvalue weighted by molar-refractivity contribution is 0.102. The molecule has 4 heterocycles. The summed E-state index contributed by atoms with van der Waals surface area (Å²) in [5, 5.41) is 2.78. The van der Waals surface area contributed by atoms with Crippen LogP contribution in [0.2, 0.25) is 0 Å². The maximum absolute atomic E-state index is 14.1. The van der Waals surface area contributed by atoms with Crippen LogP contribution in [0.5, 0.6) is 0 Å². The molecule has 0 radical (unpaired) electrons. The van der Waals surface area contributed by atoms with E-state index < -0.39 is 11.7 Å². The normalized spacial score (nSPS) is 14.5. The SMILES string of the molecule is Nc1ncc(-c2ncccc2F)nc1C(=O)Nc1ncccc1N1CCC(NI)CC1. The highest BCUT2D eigenvalue weighted by atomic mass is 127. The lowest BCUT2D eigenvalue weighted by Gasteiger charge is -2.33. The molecule has 31 heavy (non-hydrogen) atoms. The second-order valence-corrected chi connectivity index (χ2v) is 7.64. The van der Waals surface area contributed by atoms with E-state index in [0.29, 0.717) is 11.9 Å². The molecule has 1 saturated heterocycles. The van der Waals surface area contributed by atoms with E-state index in [2.05, 4.69) is 56.5 Å². The predicted molar refractivity (Wildman–Crippen MR) is 124 cm³/mol. The molecule has 4 N–H and O–H groups in total. The number of carbonyl (C=O) groups excluding carboxylic acids is 1. The summed E-state index contributed by atoms with van der Waals surface area (Å²) in [7, 11) is 0. The molecule has 9 nitrogen and oxygen atoms in total. The summed E-state index contributed by atoms with van der Waals surface area (Å²) in [6, 6.07) is 6.94. The van der Waals surface area contributed by atoms with E-state index >= 15 is 0 Å². The van der Waals surface area contributed by atoms with E-state index in [-0.39, 0.29) is 22.9 Å². The van der Waals surface area contributed by atoms with Gasteiger partial charge in [-0.1, -0.05) is 0 Å². The number of carbonyl (C=O) groups is 1. The lowest BCUT2D eigenvalue weighted by Crippen LogP contribution is -2.40. The number of piperidine rings is 1. The van der Waals surface area contributed by atoms with Crippen molar-refractivity contribution in [3.05, 3.63) is 54.4 Å². The molecule has 0 spiro atoms. The minimum atomic E-state index is -0.577. The number of aromatic nitrogens is 4. The van der Waals surface area contributed by atoms with Crippen molar-refractivity contribution in [2.24, 2.45) is 0 Å². The Morgan fingerprint density at radius 3 is 2.65 bits per heavy atom. The molecule has 1 amide bonds. The average molecular weight is 534 g/mol. The van der Waals surface area contributed by atoms with E-state index in [1.807, 2.05) is 12.1 Å². The van der Waals surface area contributed by atoms with Gasteiger partial charge in [-0.15, -0.1) is 0 Å². The molecule has 160 valence electrons. The van der Waals surface area contributed by atoms with Gasteiger partial charge in [-0.05, 0) is 37.1 Å². The Morgan fingerprint density at radius 1 is 1.16 bits per heavy atom. The number of rotatable bonds is 5. The van der Waals surface area contributed by atoms with Gasteiger partial charge in [0.25, 0.3) is 5.91 Å². The van der Waals surface area contributed by atoms with Crippen LogP contribution in [0.15, 0.2) is 42.9 Å². The number of hydrogen-bond acceptors (Lipinski definition) is 8. The van der Waals surface area contributed by atoms with Crippen molar-refractivity contribution < 1.29 is 9.18 Å². The van der Waals surface area contributed by atoms with Gasteiger partial charge in [-0.2, -0.15) is 0 Å². The summed E-state index contributed by atoms with van der Waals surface area (Å²) < 4.78 is 17.4. The van der Waals surface area contributed by atoms with Gasteiger partial charge in [0.1, 0.15) is 11.4 Å². The number of hydrogen-bond donors (Lipinski definition) is 3. The summed E-state index contributed by atoms with van der Waals surface area (Å²) in [5.41, 5.74) is 6.70. The molecule has 1 aliphatic rings. The molecule has 0 aromatic carbocycles. The standard InChI is InChI=1S/C20H20FIN8O/c21-13-3-1-7-24-16(13)14-11-26-18(23)17(27-14)20(31)28-19-15(4-2-8-25-19)30-9-5-12(29-22)6-10-30/h1-4,7-8,11-12,29H,5-6,9-10H2,(H2,23,26)(H,25,28,31). The fourth-order valence-electron chi connectivity index (χ4n) is 3.40. The summed E-state index contributed by atoms with van der Waals surface area (Å²) in [4.78, 5) is 31.7. The summed E-state index contributed by atoms with van der Waals surface area (Å²) in [6.45, 7) is 1.68. The second-order valence-electron chi connectivity index (χ2n) is 7.02. The number of anilines is 3. The van der Waals surface area contributed by atoms with E-state index in [1.54, 1.807) is 6.20 Å². The van der Waals surface area contributed by atoms with Crippen molar-refractivity contribution in [3.63, 3.8) is 0 Å². The second kappa shape index (κ2) is 9.47. The molecule has 0 bridgehead atoms. The fraction of sp³-hybridized carbons (Fsp3) is 0.250. The zero-order valence-corrected chi connectivity index (χ0v) is 18.6. The molecule has 0 atom stereocenters. The zero-order chi connectivity index (χ0) is 21.8. The van der Waals surface area contributed by atoms with Crippen LogP contribution >= 0.6 is 22.9 Å². The first kappa shape index (κ1) is 21.3. The number of halogens is 2. The maximum Gasteiger partial charge on any atom is 0.279 e. The Bertz CT molecular complexity index is 1090. The first-order chi connectivity index (χ1) is 15.1. The monoisotopic (exact) mass is 534 g/mol. The van der Waals surface area contributed by atoms with E-state index in [9.17, 15) is 9.18 Å². The summed E-state index contributed by atoms with van der Waals surface area (Å²) in [5.74, 6) is -0.802. The van der Waals surface area contributed by atoms with Crippen molar-refractivity contribution in [2.45, 2.75) is 18.9 Å². The zero-order valence-electron chi connectivity index (χ0n) is 16.4. The number of nitrogen functional groups attached to an aromatic ring is 1. The number of nitrogens with zero attached hydrogens (tertiary/aromatic N) is 5. The number of pyridine rings is 2. The van der Waals surface area contributed by atoms with E-state index in [1.165, 1.54) is 24.5 Å². The summed E-state index contributed by atoms with van der Waals surface area (Å²) >= 11 is 2.18. The Morgan fingerprint density at radius 2 is 1.90 bits per heavy atom. The topological polar surface area (TPSA) is 122 Å². The third-order valence-corrected chi connectivity index (χ3v) is 5.91. The molecule has 3 aromatic rings. The van der Waals surface area contributed by atoms with Crippen LogP contribution < -0.4 is 19.5 Å². The van der Waals surface area contributed by atoms with Gasteiger partial charge in [0, 0.05) is 54.4 Å². The Hall–Kier alpha value is -2.93. The highest BCUT2D eigenvalue weighted by Crippen LogP contribution is 2.27. The van der Waals surface area contributed by atoms with Crippen LogP contribution in [0.25, 0.3) is 11.4 Å². The van der Waals surface area contributed by atoms with Gasteiger partial charge in [0.15, 0.2) is 23.1 Å². The minimum Gasteiger partial charge on any atom is -0.382 e. The van der Waals surface area contributed by atoms with Crippen molar-refractivity contribution in [3.8, 4) is 11.4 Å². The third-order valence-electron chi connectivity index (χ3n) is 5.03. The van der Waals surface area contributed by atoms with Crippen molar-refractivity contribution in [1.82, 2.24) is 23.5 Å². The van der Waals surface area contributed by atoms with E-state index in [4.69, 9.17) is 5.73 Å². The molecule has 0 saturated carbocycles. The third kappa shape index (κ3) is 4.71. The molecule has 4 rings (SSSR count). The highest BCUT2D eigenvalue weighted by molar-refractivity contribution is 14.1. The molecule has 3 aromatic heterocycles. The van der Waals surface area contributed by atoms with Crippen LogP contribution in [0.4, 0.5) is 21.7 Å².